The Morgan fingerprint density at radius 2 is 1.56 bits per heavy atom. The standard InChI is InChI=1S/C21H20N2O4/c1-25-18-11-17(12-19(26-2)20(18)27-3)21(24)23-22-13-14-8-9-15-6-4-5-7-16(15)10-14/h4-13H,1-3H3,(H,23,24). The second kappa shape index (κ2) is 8.23. The van der Waals surface area contributed by atoms with E-state index in [-0.39, 0.29) is 5.91 Å². The van der Waals surface area contributed by atoms with Crippen molar-refractivity contribution in [3.8, 4) is 17.2 Å². The van der Waals surface area contributed by atoms with Gasteiger partial charge < -0.3 is 14.2 Å². The number of methoxy groups -OCH3 is 3. The molecular weight excluding hydrogens is 344 g/mol. The van der Waals surface area contributed by atoms with Crippen LogP contribution < -0.4 is 19.6 Å². The molecule has 0 spiro atoms. The van der Waals surface area contributed by atoms with Crippen LogP contribution in [0, 0.1) is 0 Å². The number of hydrazone groups is 1. The van der Waals surface area contributed by atoms with Gasteiger partial charge in [0.1, 0.15) is 0 Å². The number of hydrogen-bond acceptors (Lipinski definition) is 5. The number of nitrogens with one attached hydrogen (secondary N) is 1. The normalized spacial score (nSPS) is 10.8. The van der Waals surface area contributed by atoms with Gasteiger partial charge in [0, 0.05) is 5.56 Å². The average Bonchev–Trinajstić information content (AvgIpc) is 2.72. The summed E-state index contributed by atoms with van der Waals surface area (Å²) in [4.78, 5) is 12.4. The molecule has 0 saturated heterocycles. The van der Waals surface area contributed by atoms with Crippen molar-refractivity contribution in [2.24, 2.45) is 5.10 Å². The van der Waals surface area contributed by atoms with Crippen molar-refractivity contribution in [2.45, 2.75) is 0 Å². The number of benzene rings is 3. The van der Waals surface area contributed by atoms with Crippen LogP contribution in [0.2, 0.25) is 0 Å². The van der Waals surface area contributed by atoms with Crippen LogP contribution in [0.4, 0.5) is 0 Å². The zero-order chi connectivity index (χ0) is 19.2. The Hall–Kier alpha value is -3.54. The van der Waals surface area contributed by atoms with E-state index in [2.05, 4.69) is 10.5 Å². The molecule has 0 aromatic heterocycles. The van der Waals surface area contributed by atoms with Crippen molar-refractivity contribution in [1.82, 2.24) is 5.43 Å². The number of hydrogen-bond donors (Lipinski definition) is 1. The zero-order valence-electron chi connectivity index (χ0n) is 15.4. The second-order valence-electron chi connectivity index (χ2n) is 5.72. The van der Waals surface area contributed by atoms with Crippen molar-refractivity contribution >= 4 is 22.9 Å². The van der Waals surface area contributed by atoms with Gasteiger partial charge in [-0.3, -0.25) is 4.79 Å². The summed E-state index contributed by atoms with van der Waals surface area (Å²) >= 11 is 0. The van der Waals surface area contributed by atoms with Gasteiger partial charge in [-0.1, -0.05) is 36.4 Å². The van der Waals surface area contributed by atoms with Crippen LogP contribution in [0.3, 0.4) is 0 Å². The topological polar surface area (TPSA) is 69.2 Å². The minimum atomic E-state index is -0.383. The number of fused-ring (bicyclic) bond motifs is 1. The first-order valence-electron chi connectivity index (χ1n) is 8.28. The summed E-state index contributed by atoms with van der Waals surface area (Å²) in [5.41, 5.74) is 3.75. The quantitative estimate of drug-likeness (QED) is 0.536. The predicted molar refractivity (Wildman–Crippen MR) is 105 cm³/mol. The Balaban J connectivity index is 1.77. The SMILES string of the molecule is COc1cc(C(=O)NN=Cc2ccc3ccccc3c2)cc(OC)c1OC. The minimum Gasteiger partial charge on any atom is -0.493 e. The van der Waals surface area contributed by atoms with Crippen LogP contribution in [0.1, 0.15) is 15.9 Å². The monoisotopic (exact) mass is 364 g/mol. The van der Waals surface area contributed by atoms with Crippen LogP contribution in [-0.4, -0.2) is 33.5 Å². The molecule has 138 valence electrons. The third-order valence-electron chi connectivity index (χ3n) is 4.08. The van der Waals surface area contributed by atoms with Gasteiger partial charge in [0.25, 0.3) is 5.91 Å². The number of rotatable bonds is 6. The first kappa shape index (κ1) is 18.3. The maximum Gasteiger partial charge on any atom is 0.271 e. The summed E-state index contributed by atoms with van der Waals surface area (Å²) in [6.45, 7) is 0. The fourth-order valence-electron chi connectivity index (χ4n) is 2.73. The number of nitrogens with zero attached hydrogens (tertiary/aromatic N) is 1. The van der Waals surface area contributed by atoms with Crippen molar-refractivity contribution < 1.29 is 19.0 Å². The van der Waals surface area contributed by atoms with Gasteiger partial charge in [0.05, 0.1) is 27.5 Å². The van der Waals surface area contributed by atoms with Gasteiger partial charge in [0.15, 0.2) is 11.5 Å². The van der Waals surface area contributed by atoms with Crippen molar-refractivity contribution in [3.63, 3.8) is 0 Å². The Bertz CT molecular complexity index is 973. The fourth-order valence-corrected chi connectivity index (χ4v) is 2.73. The first-order chi connectivity index (χ1) is 13.2. The molecule has 3 aromatic carbocycles. The zero-order valence-corrected chi connectivity index (χ0v) is 15.4. The highest BCUT2D eigenvalue weighted by atomic mass is 16.5. The van der Waals surface area contributed by atoms with Gasteiger partial charge in [-0.15, -0.1) is 0 Å². The molecule has 0 saturated carbocycles. The minimum absolute atomic E-state index is 0.347. The van der Waals surface area contributed by atoms with Crippen LogP contribution in [0.15, 0.2) is 59.7 Å². The average molecular weight is 364 g/mol. The molecule has 6 heteroatoms. The smallest absolute Gasteiger partial charge is 0.271 e. The lowest BCUT2D eigenvalue weighted by Gasteiger charge is -2.13. The molecule has 3 aromatic rings. The summed E-state index contributed by atoms with van der Waals surface area (Å²) in [5, 5.41) is 6.30. The number of carbonyl (C=O) groups is 1. The number of ether oxygens (including phenoxy) is 3. The maximum atomic E-state index is 12.4. The van der Waals surface area contributed by atoms with E-state index in [1.807, 2.05) is 42.5 Å². The Kier molecular flexibility index (Phi) is 5.56. The highest BCUT2D eigenvalue weighted by Gasteiger charge is 2.16. The molecule has 0 aliphatic rings. The van der Waals surface area contributed by atoms with E-state index in [4.69, 9.17) is 14.2 Å². The van der Waals surface area contributed by atoms with Gasteiger partial charge >= 0.3 is 0 Å². The fraction of sp³-hybridized carbons (Fsp3) is 0.143. The van der Waals surface area contributed by atoms with E-state index in [1.165, 1.54) is 21.3 Å². The van der Waals surface area contributed by atoms with E-state index in [1.54, 1.807) is 18.3 Å². The van der Waals surface area contributed by atoms with Gasteiger partial charge in [-0.05, 0) is 34.5 Å². The predicted octanol–water partition coefficient (Wildman–Crippen LogP) is 3.63. The lowest BCUT2D eigenvalue weighted by molar-refractivity contribution is 0.0954. The Labute approximate surface area is 157 Å². The van der Waals surface area contributed by atoms with Crippen LogP contribution in [0.5, 0.6) is 17.2 Å². The van der Waals surface area contributed by atoms with E-state index >= 15 is 0 Å². The molecule has 0 aliphatic heterocycles. The summed E-state index contributed by atoms with van der Waals surface area (Å²) in [7, 11) is 4.50. The third kappa shape index (κ3) is 4.00. The molecule has 0 atom stereocenters. The van der Waals surface area contributed by atoms with Crippen LogP contribution >= 0.6 is 0 Å². The summed E-state index contributed by atoms with van der Waals surface area (Å²) < 4.78 is 15.8. The maximum absolute atomic E-state index is 12.4. The first-order valence-corrected chi connectivity index (χ1v) is 8.28. The highest BCUT2D eigenvalue weighted by molar-refractivity contribution is 5.96. The Morgan fingerprint density at radius 1 is 0.889 bits per heavy atom. The van der Waals surface area contributed by atoms with Gasteiger partial charge in [0.2, 0.25) is 5.75 Å². The van der Waals surface area contributed by atoms with Crippen molar-refractivity contribution in [2.75, 3.05) is 21.3 Å². The molecule has 0 radical (unpaired) electrons. The summed E-state index contributed by atoms with van der Waals surface area (Å²) in [6.07, 6.45) is 1.60. The van der Waals surface area contributed by atoms with Gasteiger partial charge in [-0.25, -0.2) is 5.43 Å². The van der Waals surface area contributed by atoms with E-state index in [0.29, 0.717) is 22.8 Å². The lowest BCUT2D eigenvalue weighted by atomic mass is 10.1. The second-order valence-corrected chi connectivity index (χ2v) is 5.72. The molecular formula is C21H20N2O4. The molecule has 0 bridgehead atoms. The van der Waals surface area contributed by atoms with E-state index < -0.39 is 0 Å². The molecule has 6 nitrogen and oxygen atoms in total. The van der Waals surface area contributed by atoms with Crippen LogP contribution in [0.25, 0.3) is 10.8 Å². The van der Waals surface area contributed by atoms with Gasteiger partial charge in [-0.2, -0.15) is 5.10 Å². The largest absolute Gasteiger partial charge is 0.493 e. The lowest BCUT2D eigenvalue weighted by Crippen LogP contribution is -2.18. The molecule has 27 heavy (non-hydrogen) atoms. The number of carbonyl (C=O) groups excluding carboxylic acids is 1. The molecule has 1 amide bonds. The van der Waals surface area contributed by atoms with Crippen molar-refractivity contribution in [1.29, 1.82) is 0 Å². The highest BCUT2D eigenvalue weighted by Crippen LogP contribution is 2.38. The summed E-state index contributed by atoms with van der Waals surface area (Å²) in [6, 6.07) is 17.1. The van der Waals surface area contributed by atoms with Crippen molar-refractivity contribution in [3.05, 3.63) is 65.7 Å². The third-order valence-corrected chi connectivity index (χ3v) is 4.08. The molecule has 3 rings (SSSR count). The molecule has 1 N–H and O–H groups in total. The molecule has 0 unspecified atom stereocenters. The summed E-state index contributed by atoms with van der Waals surface area (Å²) in [5.74, 6) is 0.850. The van der Waals surface area contributed by atoms with E-state index in [0.717, 1.165) is 16.3 Å². The number of amides is 1. The van der Waals surface area contributed by atoms with E-state index in [9.17, 15) is 4.79 Å². The van der Waals surface area contributed by atoms with Crippen LogP contribution in [-0.2, 0) is 0 Å². The Morgan fingerprint density at radius 3 is 2.19 bits per heavy atom. The molecule has 0 aliphatic carbocycles. The molecule has 0 heterocycles. The molecule has 0 fully saturated rings.